The summed E-state index contributed by atoms with van der Waals surface area (Å²) >= 11 is 3.46. The molecular formula is C13H12BrNO. The van der Waals surface area contributed by atoms with Gasteiger partial charge in [-0.05, 0) is 43.7 Å². The Morgan fingerprint density at radius 1 is 1.44 bits per heavy atom. The van der Waals surface area contributed by atoms with E-state index in [0.717, 1.165) is 16.6 Å². The highest BCUT2D eigenvalue weighted by Crippen LogP contribution is 2.36. The molecular weight excluding hydrogens is 266 g/mol. The molecule has 0 atom stereocenters. The third kappa shape index (κ3) is 1.85. The lowest BCUT2D eigenvalue weighted by atomic mass is 9.93. The molecule has 82 valence electrons. The van der Waals surface area contributed by atoms with E-state index in [9.17, 15) is 0 Å². The van der Waals surface area contributed by atoms with Crippen LogP contribution in [0.4, 0.5) is 0 Å². The Hall–Kier alpha value is -1.27. The molecule has 0 radical (unpaired) electrons. The van der Waals surface area contributed by atoms with Gasteiger partial charge in [-0.2, -0.15) is 5.26 Å². The third-order valence-corrected chi connectivity index (χ3v) is 3.36. The molecule has 0 saturated carbocycles. The molecule has 1 aromatic rings. The summed E-state index contributed by atoms with van der Waals surface area (Å²) in [6.45, 7) is 4.09. The lowest BCUT2D eigenvalue weighted by Crippen LogP contribution is -2.33. The summed E-state index contributed by atoms with van der Waals surface area (Å²) in [5, 5.41) is 9.62. The summed E-state index contributed by atoms with van der Waals surface area (Å²) in [5.41, 5.74) is 2.53. The molecule has 0 aromatic heterocycles. The first-order chi connectivity index (χ1) is 7.56. The van der Waals surface area contributed by atoms with Crippen molar-refractivity contribution >= 4 is 22.0 Å². The molecule has 0 saturated heterocycles. The summed E-state index contributed by atoms with van der Waals surface area (Å²) in [4.78, 5) is 0. The fourth-order valence-corrected chi connectivity index (χ4v) is 2.56. The molecule has 0 spiro atoms. The third-order valence-electron chi connectivity index (χ3n) is 2.75. The van der Waals surface area contributed by atoms with Gasteiger partial charge in [-0.15, -0.1) is 0 Å². The molecule has 3 heteroatoms. The van der Waals surface area contributed by atoms with Gasteiger partial charge in [-0.25, -0.2) is 0 Å². The van der Waals surface area contributed by atoms with Crippen molar-refractivity contribution in [1.29, 1.82) is 5.26 Å². The smallest absolute Gasteiger partial charge is 0.127 e. The molecule has 2 rings (SSSR count). The van der Waals surface area contributed by atoms with Crippen LogP contribution in [0.5, 0.6) is 5.75 Å². The van der Waals surface area contributed by atoms with Crippen LogP contribution in [0.25, 0.3) is 6.08 Å². The zero-order valence-electron chi connectivity index (χ0n) is 9.25. The van der Waals surface area contributed by atoms with E-state index in [2.05, 4.69) is 28.1 Å². The van der Waals surface area contributed by atoms with Gasteiger partial charge in [0.15, 0.2) is 0 Å². The molecule has 0 amide bonds. The first-order valence-electron chi connectivity index (χ1n) is 5.07. The van der Waals surface area contributed by atoms with Crippen LogP contribution in [0, 0.1) is 11.3 Å². The highest BCUT2D eigenvalue weighted by atomic mass is 79.9. The molecule has 1 aliphatic heterocycles. The summed E-state index contributed by atoms with van der Waals surface area (Å²) in [6, 6.07) is 7.63. The molecule has 0 N–H and O–H groups in total. The Morgan fingerprint density at radius 3 is 2.81 bits per heavy atom. The van der Waals surface area contributed by atoms with E-state index in [1.165, 1.54) is 5.57 Å². The summed E-state index contributed by atoms with van der Waals surface area (Å²) in [6.07, 6.45) is 2.09. The average molecular weight is 278 g/mol. The van der Waals surface area contributed by atoms with Crippen LogP contribution in [-0.2, 0) is 0 Å². The first kappa shape index (κ1) is 11.2. The second-order valence-electron chi connectivity index (χ2n) is 4.28. The van der Waals surface area contributed by atoms with Crippen molar-refractivity contribution < 1.29 is 4.74 Å². The minimum Gasteiger partial charge on any atom is -0.483 e. The Labute approximate surface area is 104 Å². The van der Waals surface area contributed by atoms with Gasteiger partial charge in [0.2, 0.25) is 0 Å². The van der Waals surface area contributed by atoms with Gasteiger partial charge < -0.3 is 4.74 Å². The molecule has 16 heavy (non-hydrogen) atoms. The molecule has 1 aliphatic rings. The molecule has 0 aliphatic carbocycles. The quantitative estimate of drug-likeness (QED) is 0.736. The van der Waals surface area contributed by atoms with Gasteiger partial charge in [0.05, 0.1) is 11.6 Å². The Bertz CT molecular complexity index is 497. The number of halogens is 1. The monoisotopic (exact) mass is 277 g/mol. The van der Waals surface area contributed by atoms with Crippen molar-refractivity contribution in [3.63, 3.8) is 0 Å². The van der Waals surface area contributed by atoms with E-state index >= 15 is 0 Å². The predicted molar refractivity (Wildman–Crippen MR) is 67.6 cm³/mol. The molecule has 2 nitrogen and oxygen atoms in total. The predicted octanol–water partition coefficient (Wildman–Crippen LogP) is 3.51. The largest absolute Gasteiger partial charge is 0.483 e. The minimum atomic E-state index is -0.287. The molecule has 0 unspecified atom stereocenters. The van der Waals surface area contributed by atoms with Gasteiger partial charge in [-0.3, -0.25) is 0 Å². The van der Waals surface area contributed by atoms with Crippen LogP contribution in [-0.4, -0.2) is 10.9 Å². The van der Waals surface area contributed by atoms with E-state index in [1.54, 1.807) is 6.07 Å². The Balaban J connectivity index is 2.53. The van der Waals surface area contributed by atoms with Gasteiger partial charge in [-0.1, -0.05) is 15.9 Å². The Kier molecular flexibility index (Phi) is 2.77. The lowest BCUT2D eigenvalue weighted by molar-refractivity contribution is 0.146. The van der Waals surface area contributed by atoms with E-state index < -0.39 is 0 Å². The fourth-order valence-electron chi connectivity index (χ4n) is 1.73. The van der Waals surface area contributed by atoms with Gasteiger partial charge in [0.1, 0.15) is 11.4 Å². The van der Waals surface area contributed by atoms with Crippen molar-refractivity contribution in [2.75, 3.05) is 5.33 Å². The topological polar surface area (TPSA) is 33.0 Å². The van der Waals surface area contributed by atoms with Crippen molar-refractivity contribution in [3.05, 3.63) is 34.9 Å². The molecule has 1 heterocycles. The van der Waals surface area contributed by atoms with Crippen LogP contribution in [0.1, 0.15) is 25.0 Å². The number of hydrogen-bond acceptors (Lipinski definition) is 2. The second-order valence-corrected chi connectivity index (χ2v) is 4.84. The number of alkyl halides is 1. The number of benzene rings is 1. The van der Waals surface area contributed by atoms with Crippen LogP contribution in [0.2, 0.25) is 0 Å². The number of rotatable bonds is 1. The number of ether oxygens (including phenoxy) is 1. The molecule has 1 aromatic carbocycles. The number of fused-ring (bicyclic) bond motifs is 1. The first-order valence-corrected chi connectivity index (χ1v) is 6.19. The highest BCUT2D eigenvalue weighted by molar-refractivity contribution is 9.09. The maximum atomic E-state index is 8.84. The van der Waals surface area contributed by atoms with E-state index in [1.807, 2.05) is 26.0 Å². The van der Waals surface area contributed by atoms with Crippen LogP contribution >= 0.6 is 15.9 Å². The Morgan fingerprint density at radius 2 is 2.19 bits per heavy atom. The maximum absolute atomic E-state index is 8.84. The zero-order chi connectivity index (χ0) is 11.8. The summed E-state index contributed by atoms with van der Waals surface area (Å²) in [7, 11) is 0. The second kappa shape index (κ2) is 3.95. The average Bonchev–Trinajstić information content (AvgIpc) is 2.26. The number of nitriles is 1. The fraction of sp³-hybridized carbons (Fsp3) is 0.308. The normalized spacial score (nSPS) is 16.8. The van der Waals surface area contributed by atoms with Crippen LogP contribution in [0.3, 0.4) is 0 Å². The summed E-state index contributed by atoms with van der Waals surface area (Å²) < 4.78 is 5.91. The highest BCUT2D eigenvalue weighted by Gasteiger charge is 2.29. The van der Waals surface area contributed by atoms with E-state index in [4.69, 9.17) is 10.00 Å². The SMILES string of the molecule is CC1(C)Oc2ccc(C#N)cc2C=C1CBr. The van der Waals surface area contributed by atoms with Gasteiger partial charge >= 0.3 is 0 Å². The van der Waals surface area contributed by atoms with Crippen LogP contribution in [0.15, 0.2) is 23.8 Å². The maximum Gasteiger partial charge on any atom is 0.127 e. The standard InChI is InChI=1S/C13H12BrNO/c1-13(2)11(7-14)6-10-5-9(8-15)3-4-12(10)16-13/h3-6H,7H2,1-2H3. The van der Waals surface area contributed by atoms with Gasteiger partial charge in [0.25, 0.3) is 0 Å². The van der Waals surface area contributed by atoms with E-state index in [-0.39, 0.29) is 5.60 Å². The summed E-state index contributed by atoms with van der Waals surface area (Å²) in [5.74, 6) is 0.841. The van der Waals surface area contributed by atoms with E-state index in [0.29, 0.717) is 5.56 Å². The van der Waals surface area contributed by atoms with Crippen molar-refractivity contribution in [3.8, 4) is 11.8 Å². The molecule has 0 fully saturated rings. The number of hydrogen-bond donors (Lipinski definition) is 0. The minimum absolute atomic E-state index is 0.287. The molecule has 0 bridgehead atoms. The van der Waals surface area contributed by atoms with Gasteiger partial charge in [0, 0.05) is 10.9 Å². The zero-order valence-corrected chi connectivity index (χ0v) is 10.8. The number of nitrogens with zero attached hydrogens (tertiary/aromatic N) is 1. The van der Waals surface area contributed by atoms with Crippen molar-refractivity contribution in [2.24, 2.45) is 0 Å². The van der Waals surface area contributed by atoms with Crippen molar-refractivity contribution in [1.82, 2.24) is 0 Å². The lowest BCUT2D eigenvalue weighted by Gasteiger charge is -2.33. The van der Waals surface area contributed by atoms with Crippen molar-refractivity contribution in [2.45, 2.75) is 19.4 Å². The van der Waals surface area contributed by atoms with Crippen LogP contribution < -0.4 is 4.74 Å².